The van der Waals surface area contributed by atoms with Crippen molar-refractivity contribution < 1.29 is 29.6 Å². The second-order valence-corrected chi connectivity index (χ2v) is 12.8. The standard InChI is InChI=1S/C27H46N2O6S/c1-15(2)12-17-9-10-34-24-18(13-17)14-28-20(24)26(33)29-19-16(3)8-6-4-5-7-11-36-27-23(32)21(30)22(31)25(19)35-27/h6,8,15-25,27-28,30-32H,4-5,7,9-14H2,1-3H3,(H,29,33)/b8-6+/t16-,17-,18-,19+,20-,21-,22+,23+,24+,25+,27+/m0/s1. The molecular weight excluding hydrogens is 480 g/mol. The lowest BCUT2D eigenvalue weighted by atomic mass is 9.85. The van der Waals surface area contributed by atoms with E-state index in [1.54, 1.807) is 0 Å². The number of hydrogen-bond acceptors (Lipinski definition) is 8. The highest BCUT2D eigenvalue weighted by Gasteiger charge is 2.49. The first kappa shape index (κ1) is 28.3. The molecule has 3 fully saturated rings. The topological polar surface area (TPSA) is 120 Å². The second-order valence-electron chi connectivity index (χ2n) is 11.6. The third kappa shape index (κ3) is 6.65. The molecule has 0 spiro atoms. The molecule has 3 saturated heterocycles. The maximum Gasteiger partial charge on any atom is 0.240 e. The molecule has 0 aromatic rings. The molecule has 11 atom stereocenters. The highest BCUT2D eigenvalue weighted by molar-refractivity contribution is 7.99. The Morgan fingerprint density at radius 2 is 1.97 bits per heavy atom. The highest BCUT2D eigenvalue weighted by atomic mass is 32.2. The Morgan fingerprint density at radius 1 is 1.17 bits per heavy atom. The van der Waals surface area contributed by atoms with E-state index in [4.69, 9.17) is 9.47 Å². The molecule has 206 valence electrons. The van der Waals surface area contributed by atoms with E-state index in [-0.39, 0.29) is 17.9 Å². The molecule has 4 rings (SSSR count). The fourth-order valence-corrected chi connectivity index (χ4v) is 7.51. The summed E-state index contributed by atoms with van der Waals surface area (Å²) in [7, 11) is 0. The predicted octanol–water partition coefficient (Wildman–Crippen LogP) is 1.82. The smallest absolute Gasteiger partial charge is 0.240 e. The monoisotopic (exact) mass is 526 g/mol. The molecule has 0 unspecified atom stereocenters. The van der Waals surface area contributed by atoms with Gasteiger partial charge >= 0.3 is 0 Å². The SMILES string of the molecule is CC(C)C[C@@H]1CCO[C@@H]2[C@H](CN[C@@H]2C(=O)N[C@H]2[C@H]3O[C@H](SCCCC/C=C/[C@@H]2C)[C@H](O)[C@@H](O)[C@H]3O)C1. The Hall–Kier alpha value is -0.680. The summed E-state index contributed by atoms with van der Waals surface area (Å²) in [6.07, 6.45) is 5.57. The van der Waals surface area contributed by atoms with Gasteiger partial charge in [0.1, 0.15) is 35.9 Å². The van der Waals surface area contributed by atoms with Crippen molar-refractivity contribution >= 4 is 17.7 Å². The van der Waals surface area contributed by atoms with Gasteiger partial charge in [-0.3, -0.25) is 4.79 Å². The van der Waals surface area contributed by atoms with Crippen LogP contribution < -0.4 is 10.6 Å². The van der Waals surface area contributed by atoms with E-state index in [0.717, 1.165) is 44.4 Å². The van der Waals surface area contributed by atoms with E-state index in [1.807, 2.05) is 6.92 Å². The summed E-state index contributed by atoms with van der Waals surface area (Å²) >= 11 is 1.46. The number of amides is 1. The number of aliphatic hydroxyl groups excluding tert-OH is 3. The molecule has 4 aliphatic rings. The molecule has 36 heavy (non-hydrogen) atoms. The molecule has 0 saturated carbocycles. The van der Waals surface area contributed by atoms with Crippen molar-refractivity contribution in [3.63, 3.8) is 0 Å². The van der Waals surface area contributed by atoms with E-state index in [9.17, 15) is 20.1 Å². The minimum absolute atomic E-state index is 0.135. The summed E-state index contributed by atoms with van der Waals surface area (Å²) in [6, 6.07) is -1.03. The van der Waals surface area contributed by atoms with Gasteiger partial charge in [0.05, 0.1) is 12.1 Å². The number of hydrogen-bond donors (Lipinski definition) is 5. The van der Waals surface area contributed by atoms with Crippen molar-refractivity contribution in [1.82, 2.24) is 10.6 Å². The number of rotatable bonds is 4. The normalized spacial score (nSPS) is 45.1. The molecule has 5 N–H and O–H groups in total. The number of carbonyl (C=O) groups excluding carboxylic acids is 1. The summed E-state index contributed by atoms with van der Waals surface area (Å²) in [5, 5.41) is 38.6. The van der Waals surface area contributed by atoms with Crippen molar-refractivity contribution in [1.29, 1.82) is 0 Å². The van der Waals surface area contributed by atoms with Gasteiger partial charge in [-0.2, -0.15) is 0 Å². The molecule has 0 aromatic heterocycles. The van der Waals surface area contributed by atoms with Crippen molar-refractivity contribution in [2.45, 2.75) is 107 Å². The van der Waals surface area contributed by atoms with Crippen LogP contribution in [-0.2, 0) is 14.3 Å². The predicted molar refractivity (Wildman–Crippen MR) is 140 cm³/mol. The third-order valence-corrected chi connectivity index (χ3v) is 9.52. The van der Waals surface area contributed by atoms with E-state index in [0.29, 0.717) is 24.4 Å². The lowest BCUT2D eigenvalue weighted by molar-refractivity contribution is -0.207. The summed E-state index contributed by atoms with van der Waals surface area (Å²) < 4.78 is 12.4. The Kier molecular flexibility index (Phi) is 10.2. The second kappa shape index (κ2) is 12.9. The average molecular weight is 527 g/mol. The minimum atomic E-state index is -1.34. The van der Waals surface area contributed by atoms with Crippen LogP contribution in [0.4, 0.5) is 0 Å². The first-order valence-electron chi connectivity index (χ1n) is 13.9. The van der Waals surface area contributed by atoms with E-state index < -0.39 is 41.9 Å². The van der Waals surface area contributed by atoms with Crippen LogP contribution >= 0.6 is 11.8 Å². The molecule has 0 aliphatic carbocycles. The van der Waals surface area contributed by atoms with Crippen LogP contribution in [0.2, 0.25) is 0 Å². The van der Waals surface area contributed by atoms with Crippen LogP contribution in [0, 0.1) is 23.7 Å². The van der Waals surface area contributed by atoms with Crippen LogP contribution in [0.25, 0.3) is 0 Å². The van der Waals surface area contributed by atoms with Gasteiger partial charge < -0.3 is 35.4 Å². The van der Waals surface area contributed by atoms with Crippen LogP contribution in [0.5, 0.6) is 0 Å². The van der Waals surface area contributed by atoms with Gasteiger partial charge in [0.25, 0.3) is 0 Å². The molecular formula is C27H46N2O6S. The molecule has 0 aromatic carbocycles. The quantitative estimate of drug-likeness (QED) is 0.352. The molecule has 0 radical (unpaired) electrons. The van der Waals surface area contributed by atoms with E-state index in [2.05, 4.69) is 36.6 Å². The minimum Gasteiger partial charge on any atom is -0.388 e. The Balaban J connectivity index is 1.50. The molecule has 4 aliphatic heterocycles. The Bertz CT molecular complexity index is 754. The zero-order valence-electron chi connectivity index (χ0n) is 21.9. The number of fused-ring (bicyclic) bond motifs is 3. The summed E-state index contributed by atoms with van der Waals surface area (Å²) in [5.74, 6) is 2.06. The number of allylic oxidation sites excluding steroid dienone is 1. The zero-order chi connectivity index (χ0) is 25.8. The van der Waals surface area contributed by atoms with Gasteiger partial charge in [-0.05, 0) is 67.9 Å². The Morgan fingerprint density at radius 3 is 2.75 bits per heavy atom. The molecule has 4 heterocycles. The first-order valence-corrected chi connectivity index (χ1v) is 14.9. The number of carbonyl (C=O) groups is 1. The van der Waals surface area contributed by atoms with Gasteiger partial charge in [0.15, 0.2) is 0 Å². The van der Waals surface area contributed by atoms with Crippen molar-refractivity contribution in [2.24, 2.45) is 23.7 Å². The molecule has 9 heteroatoms. The average Bonchev–Trinajstić information content (AvgIpc) is 3.12. The van der Waals surface area contributed by atoms with Crippen LogP contribution in [0.3, 0.4) is 0 Å². The maximum absolute atomic E-state index is 13.6. The molecule has 2 bridgehead atoms. The molecule has 8 nitrogen and oxygen atoms in total. The summed E-state index contributed by atoms with van der Waals surface area (Å²) in [4.78, 5) is 13.6. The lowest BCUT2D eigenvalue weighted by Gasteiger charge is -2.45. The fourth-order valence-electron chi connectivity index (χ4n) is 6.34. The third-order valence-electron chi connectivity index (χ3n) is 8.28. The highest BCUT2D eigenvalue weighted by Crippen LogP contribution is 2.35. The zero-order valence-corrected chi connectivity index (χ0v) is 22.7. The van der Waals surface area contributed by atoms with Crippen LogP contribution in [-0.4, -0.2) is 88.2 Å². The lowest BCUT2D eigenvalue weighted by Crippen LogP contribution is -2.65. The van der Waals surface area contributed by atoms with Crippen LogP contribution in [0.1, 0.15) is 59.3 Å². The number of aliphatic hydroxyl groups is 3. The summed E-state index contributed by atoms with van der Waals surface area (Å²) in [6.45, 7) is 7.92. The van der Waals surface area contributed by atoms with Gasteiger partial charge in [-0.15, -0.1) is 11.8 Å². The number of nitrogens with one attached hydrogen (secondary N) is 2. The largest absolute Gasteiger partial charge is 0.388 e. The van der Waals surface area contributed by atoms with Gasteiger partial charge in [-0.25, -0.2) is 0 Å². The van der Waals surface area contributed by atoms with Crippen molar-refractivity contribution in [3.05, 3.63) is 12.2 Å². The van der Waals surface area contributed by atoms with Crippen molar-refractivity contribution in [3.8, 4) is 0 Å². The van der Waals surface area contributed by atoms with Gasteiger partial charge in [0, 0.05) is 13.2 Å². The number of ether oxygens (including phenoxy) is 2. The fraction of sp³-hybridized carbons (Fsp3) is 0.889. The van der Waals surface area contributed by atoms with Crippen molar-refractivity contribution in [2.75, 3.05) is 18.9 Å². The maximum atomic E-state index is 13.6. The van der Waals surface area contributed by atoms with Gasteiger partial charge in [-0.1, -0.05) is 32.9 Å². The summed E-state index contributed by atoms with van der Waals surface area (Å²) in [5.41, 5.74) is -0.652. The Labute approximate surface area is 220 Å². The van der Waals surface area contributed by atoms with E-state index >= 15 is 0 Å². The van der Waals surface area contributed by atoms with Crippen LogP contribution in [0.15, 0.2) is 12.2 Å². The number of thioether (sulfide) groups is 1. The first-order chi connectivity index (χ1) is 17.3. The van der Waals surface area contributed by atoms with Gasteiger partial charge in [0.2, 0.25) is 5.91 Å². The van der Waals surface area contributed by atoms with E-state index in [1.165, 1.54) is 18.2 Å². The molecule has 1 amide bonds.